The van der Waals surface area contributed by atoms with Crippen molar-refractivity contribution in [2.45, 2.75) is 0 Å². The predicted molar refractivity (Wildman–Crippen MR) is 101 cm³/mol. The molecule has 0 saturated carbocycles. The minimum Gasteiger partial charge on any atom is -0.353 e. The van der Waals surface area contributed by atoms with Gasteiger partial charge in [0.1, 0.15) is 17.3 Å². The van der Waals surface area contributed by atoms with Crippen molar-refractivity contribution in [3.63, 3.8) is 0 Å². The smallest absolute Gasteiger partial charge is 0.281 e. The van der Waals surface area contributed by atoms with Crippen LogP contribution in [0.4, 0.5) is 11.6 Å². The van der Waals surface area contributed by atoms with E-state index in [4.69, 9.17) is 0 Å². The molecule has 0 spiro atoms. The third-order valence-corrected chi connectivity index (χ3v) is 6.05. The Morgan fingerprint density at radius 2 is 1.89 bits per heavy atom. The lowest BCUT2D eigenvalue weighted by atomic mass is 10.3. The first-order valence-electron chi connectivity index (χ1n) is 8.35. The Hall–Kier alpha value is -2.63. The minimum absolute atomic E-state index is 0.168. The topological polar surface area (TPSA) is 112 Å². The Labute approximate surface area is 158 Å². The summed E-state index contributed by atoms with van der Waals surface area (Å²) in [6.45, 7) is 1.61. The second kappa shape index (κ2) is 7.94. The number of pyridine rings is 1. The lowest BCUT2D eigenvalue weighted by Gasteiger charge is -2.35. The molecule has 0 atom stereocenters. The number of anilines is 2. The van der Waals surface area contributed by atoms with Crippen LogP contribution in [0, 0.1) is 0 Å². The highest BCUT2D eigenvalue weighted by atomic mass is 32.2. The maximum absolute atomic E-state index is 12.3. The first kappa shape index (κ1) is 19.1. The van der Waals surface area contributed by atoms with Gasteiger partial charge in [0.25, 0.3) is 16.1 Å². The summed E-state index contributed by atoms with van der Waals surface area (Å²) in [4.78, 5) is 26.7. The van der Waals surface area contributed by atoms with E-state index in [1.807, 2.05) is 4.90 Å². The third-order valence-electron chi connectivity index (χ3n) is 4.11. The molecule has 3 heterocycles. The van der Waals surface area contributed by atoms with Crippen molar-refractivity contribution < 1.29 is 13.2 Å². The monoisotopic (exact) mass is 391 g/mol. The number of hydrogen-bond donors (Lipinski definition) is 1. The van der Waals surface area contributed by atoms with Gasteiger partial charge in [-0.2, -0.15) is 17.0 Å². The van der Waals surface area contributed by atoms with Crippen molar-refractivity contribution in [2.75, 3.05) is 50.5 Å². The van der Waals surface area contributed by atoms with Crippen LogP contribution in [0.3, 0.4) is 0 Å². The number of carbonyl (C=O) groups excluding carboxylic acids is 1. The molecule has 1 aliphatic rings. The van der Waals surface area contributed by atoms with Crippen molar-refractivity contribution in [3.8, 4) is 0 Å². The van der Waals surface area contributed by atoms with Crippen LogP contribution >= 0.6 is 0 Å². The van der Waals surface area contributed by atoms with E-state index < -0.39 is 16.1 Å². The summed E-state index contributed by atoms with van der Waals surface area (Å²) < 4.78 is 27.0. The number of carbonyl (C=O) groups is 1. The van der Waals surface area contributed by atoms with Crippen LogP contribution in [0.1, 0.15) is 10.5 Å². The van der Waals surface area contributed by atoms with Gasteiger partial charge in [-0.05, 0) is 12.1 Å². The second-order valence-electron chi connectivity index (χ2n) is 6.11. The average Bonchev–Trinajstić information content (AvgIpc) is 2.69. The first-order chi connectivity index (χ1) is 12.9. The Morgan fingerprint density at radius 3 is 2.52 bits per heavy atom. The van der Waals surface area contributed by atoms with Crippen LogP contribution in [0.2, 0.25) is 0 Å². The zero-order valence-electron chi connectivity index (χ0n) is 15.1. The highest BCUT2D eigenvalue weighted by molar-refractivity contribution is 7.86. The van der Waals surface area contributed by atoms with E-state index in [9.17, 15) is 13.2 Å². The quantitative estimate of drug-likeness (QED) is 0.767. The van der Waals surface area contributed by atoms with Crippen molar-refractivity contribution in [1.29, 1.82) is 0 Å². The molecule has 0 radical (unpaired) electrons. The van der Waals surface area contributed by atoms with Gasteiger partial charge in [-0.15, -0.1) is 0 Å². The molecule has 0 unspecified atom stereocenters. The highest BCUT2D eigenvalue weighted by Gasteiger charge is 2.29. The number of piperazine rings is 1. The minimum atomic E-state index is -3.43. The van der Waals surface area contributed by atoms with Gasteiger partial charge >= 0.3 is 0 Å². The van der Waals surface area contributed by atoms with Gasteiger partial charge in [0.2, 0.25) is 0 Å². The zero-order valence-corrected chi connectivity index (χ0v) is 15.9. The van der Waals surface area contributed by atoms with Gasteiger partial charge in [0.15, 0.2) is 0 Å². The number of nitrogens with zero attached hydrogens (tertiary/aromatic N) is 6. The molecular formula is C16H21N7O3S. The maximum Gasteiger partial charge on any atom is 0.281 e. The molecule has 2 aromatic rings. The summed E-state index contributed by atoms with van der Waals surface area (Å²) >= 11 is 0. The van der Waals surface area contributed by atoms with E-state index in [2.05, 4.69) is 20.3 Å². The van der Waals surface area contributed by atoms with Crippen molar-refractivity contribution in [3.05, 3.63) is 42.5 Å². The Bertz CT molecular complexity index is 897. The zero-order chi connectivity index (χ0) is 19.4. The van der Waals surface area contributed by atoms with E-state index in [0.717, 1.165) is 0 Å². The van der Waals surface area contributed by atoms with E-state index in [1.54, 1.807) is 30.6 Å². The summed E-state index contributed by atoms with van der Waals surface area (Å²) in [7, 11) is -0.407. The van der Waals surface area contributed by atoms with Crippen LogP contribution < -0.4 is 10.2 Å². The summed E-state index contributed by atoms with van der Waals surface area (Å²) in [5.41, 5.74) is 0.168. The molecule has 1 fully saturated rings. The molecule has 1 aliphatic heterocycles. The predicted octanol–water partition coefficient (Wildman–Crippen LogP) is 0.0523. The largest absolute Gasteiger partial charge is 0.353 e. The molecular weight excluding hydrogens is 370 g/mol. The van der Waals surface area contributed by atoms with E-state index in [-0.39, 0.29) is 5.69 Å². The molecule has 144 valence electrons. The number of hydrogen-bond acceptors (Lipinski definition) is 7. The molecule has 1 amide bonds. The molecule has 27 heavy (non-hydrogen) atoms. The second-order valence-corrected chi connectivity index (χ2v) is 8.25. The van der Waals surface area contributed by atoms with Gasteiger partial charge in [-0.25, -0.2) is 9.97 Å². The fourth-order valence-electron chi connectivity index (χ4n) is 2.61. The molecule has 1 saturated heterocycles. The highest BCUT2D eigenvalue weighted by Crippen LogP contribution is 2.16. The van der Waals surface area contributed by atoms with Crippen LogP contribution in [-0.4, -0.2) is 78.2 Å². The number of aromatic nitrogens is 3. The van der Waals surface area contributed by atoms with Crippen molar-refractivity contribution in [1.82, 2.24) is 23.6 Å². The molecule has 0 aromatic carbocycles. The molecule has 0 aliphatic carbocycles. The van der Waals surface area contributed by atoms with Crippen LogP contribution in [-0.2, 0) is 10.2 Å². The number of amides is 1. The van der Waals surface area contributed by atoms with Crippen LogP contribution in [0.15, 0.2) is 36.8 Å². The maximum atomic E-state index is 12.3. The fraction of sp³-hybridized carbons (Fsp3) is 0.375. The van der Waals surface area contributed by atoms with Gasteiger partial charge in [0, 0.05) is 46.5 Å². The molecule has 2 aromatic heterocycles. The standard InChI is InChI=1S/C16H21N7O3S/c1-21(2)27(25,26)23-9-7-22(8-10-23)15-12-17-11-13(19-15)16(24)20-14-5-3-4-6-18-14/h3-6,11-12H,7-10H2,1-2H3,(H,18,20,24). The molecule has 1 N–H and O–H groups in total. The average molecular weight is 391 g/mol. The van der Waals surface area contributed by atoms with Crippen molar-refractivity contribution in [2.24, 2.45) is 0 Å². The normalized spacial score (nSPS) is 15.7. The molecule has 3 rings (SSSR count). The molecule has 10 nitrogen and oxygen atoms in total. The molecule has 0 bridgehead atoms. The Balaban J connectivity index is 1.67. The summed E-state index contributed by atoms with van der Waals surface area (Å²) in [5, 5.41) is 2.66. The van der Waals surface area contributed by atoms with Crippen LogP contribution in [0.5, 0.6) is 0 Å². The number of nitrogens with one attached hydrogen (secondary N) is 1. The van der Waals surface area contributed by atoms with Gasteiger partial charge in [0.05, 0.1) is 12.4 Å². The van der Waals surface area contributed by atoms with Gasteiger partial charge in [-0.1, -0.05) is 6.07 Å². The summed E-state index contributed by atoms with van der Waals surface area (Å²) in [6, 6.07) is 5.21. The van der Waals surface area contributed by atoms with E-state index >= 15 is 0 Å². The van der Waals surface area contributed by atoms with Gasteiger partial charge in [-0.3, -0.25) is 9.78 Å². The lowest BCUT2D eigenvalue weighted by Crippen LogP contribution is -2.52. The Morgan fingerprint density at radius 1 is 1.15 bits per heavy atom. The summed E-state index contributed by atoms with van der Waals surface area (Å²) in [5.74, 6) is 0.555. The first-order valence-corrected chi connectivity index (χ1v) is 9.74. The lowest BCUT2D eigenvalue weighted by molar-refractivity contribution is 0.102. The van der Waals surface area contributed by atoms with Crippen molar-refractivity contribution >= 4 is 27.8 Å². The van der Waals surface area contributed by atoms with E-state index in [0.29, 0.717) is 37.8 Å². The van der Waals surface area contributed by atoms with Crippen LogP contribution in [0.25, 0.3) is 0 Å². The molecule has 11 heteroatoms. The Kier molecular flexibility index (Phi) is 5.63. The fourth-order valence-corrected chi connectivity index (χ4v) is 3.70. The summed E-state index contributed by atoms with van der Waals surface area (Å²) in [6.07, 6.45) is 4.53. The SMILES string of the molecule is CN(C)S(=O)(=O)N1CCN(c2cncc(C(=O)Nc3ccccn3)n2)CC1. The third kappa shape index (κ3) is 4.38. The van der Waals surface area contributed by atoms with Gasteiger partial charge < -0.3 is 10.2 Å². The van der Waals surface area contributed by atoms with E-state index in [1.165, 1.54) is 28.9 Å². The number of rotatable bonds is 5.